The zero-order chi connectivity index (χ0) is 22.1. The van der Waals surface area contributed by atoms with Crippen LogP contribution in [0.3, 0.4) is 0 Å². The van der Waals surface area contributed by atoms with Gasteiger partial charge in [0.05, 0.1) is 10.6 Å². The largest absolute Gasteiger partial charge is 0.325 e. The van der Waals surface area contributed by atoms with Crippen molar-refractivity contribution in [2.45, 2.75) is 42.0 Å². The Morgan fingerprint density at radius 3 is 2.78 bits per heavy atom. The van der Waals surface area contributed by atoms with Gasteiger partial charge in [-0.2, -0.15) is 4.31 Å². The summed E-state index contributed by atoms with van der Waals surface area (Å²) in [5, 5.41) is 2.86. The molecule has 0 saturated carbocycles. The van der Waals surface area contributed by atoms with E-state index in [1.165, 1.54) is 11.1 Å². The van der Waals surface area contributed by atoms with Gasteiger partial charge in [0.1, 0.15) is 0 Å². The summed E-state index contributed by atoms with van der Waals surface area (Å²) in [6.07, 6.45) is 3.44. The lowest BCUT2D eigenvalue weighted by Crippen LogP contribution is -2.44. The number of carbonyl (C=O) groups is 1. The molecule has 1 fully saturated rings. The highest BCUT2D eigenvalue weighted by molar-refractivity contribution is 7.99. The maximum absolute atomic E-state index is 13.4. The predicted molar refractivity (Wildman–Crippen MR) is 127 cm³/mol. The molecule has 0 aliphatic carbocycles. The molecule has 1 amide bonds. The van der Waals surface area contributed by atoms with Crippen LogP contribution in [0.5, 0.6) is 0 Å². The molecule has 3 aliphatic rings. The molecule has 1 N–H and O–H groups in total. The number of amides is 1. The fraction of sp³-hybridized carbons (Fsp3) is 0.458. The minimum absolute atomic E-state index is 0.0630. The molecule has 6 nitrogen and oxygen atoms in total. The van der Waals surface area contributed by atoms with Crippen LogP contribution in [0.4, 0.5) is 5.69 Å². The molecule has 5 rings (SSSR count). The van der Waals surface area contributed by atoms with E-state index in [1.54, 1.807) is 28.2 Å². The number of nitrogens with one attached hydrogen (secondary N) is 1. The normalized spacial score (nSPS) is 22.5. The summed E-state index contributed by atoms with van der Waals surface area (Å²) in [4.78, 5) is 15.6. The molecule has 0 aromatic heterocycles. The van der Waals surface area contributed by atoms with Gasteiger partial charge in [-0.05, 0) is 54.5 Å². The van der Waals surface area contributed by atoms with Crippen molar-refractivity contribution in [3.8, 4) is 0 Å². The van der Waals surface area contributed by atoms with E-state index in [0.29, 0.717) is 36.9 Å². The molecular weight excluding hydrogens is 442 g/mol. The van der Waals surface area contributed by atoms with E-state index in [4.69, 9.17) is 0 Å². The van der Waals surface area contributed by atoms with Gasteiger partial charge in [-0.1, -0.05) is 24.3 Å². The van der Waals surface area contributed by atoms with Crippen LogP contribution < -0.4 is 5.32 Å². The minimum atomic E-state index is -3.59. The Balaban J connectivity index is 1.28. The molecule has 0 radical (unpaired) electrons. The second-order valence-electron chi connectivity index (χ2n) is 8.93. The second kappa shape index (κ2) is 9.17. The van der Waals surface area contributed by atoms with Crippen LogP contribution in [0.15, 0.2) is 52.3 Å². The van der Waals surface area contributed by atoms with E-state index in [2.05, 4.69) is 34.5 Å². The molecule has 1 atom stereocenters. The Morgan fingerprint density at radius 2 is 1.91 bits per heavy atom. The fourth-order valence-electron chi connectivity index (χ4n) is 4.98. The van der Waals surface area contributed by atoms with Gasteiger partial charge in [0, 0.05) is 49.8 Å². The van der Waals surface area contributed by atoms with Crippen molar-refractivity contribution in [3.05, 3.63) is 53.6 Å². The molecule has 1 saturated heterocycles. The molecule has 3 aliphatic heterocycles. The van der Waals surface area contributed by atoms with Gasteiger partial charge in [0.25, 0.3) is 0 Å². The highest BCUT2D eigenvalue weighted by atomic mass is 32.2. The van der Waals surface area contributed by atoms with Crippen molar-refractivity contribution in [1.82, 2.24) is 9.21 Å². The number of nitrogens with zero attached hydrogens (tertiary/aromatic N) is 2. The number of hydrogen-bond donors (Lipinski definition) is 1. The van der Waals surface area contributed by atoms with E-state index >= 15 is 0 Å². The first-order valence-electron chi connectivity index (χ1n) is 11.3. The zero-order valence-corrected chi connectivity index (χ0v) is 19.8. The minimum Gasteiger partial charge on any atom is -0.325 e. The van der Waals surface area contributed by atoms with E-state index in [0.717, 1.165) is 43.8 Å². The Bertz CT molecular complexity index is 1120. The molecule has 170 valence electrons. The summed E-state index contributed by atoms with van der Waals surface area (Å²) in [7, 11) is -3.59. The Labute approximate surface area is 194 Å². The molecule has 3 heterocycles. The third-order valence-corrected chi connectivity index (χ3v) is 9.59. The maximum Gasteiger partial charge on any atom is 0.243 e. The number of carbonyl (C=O) groups excluding carboxylic acids is 1. The number of fused-ring (bicyclic) bond motifs is 2. The number of anilines is 1. The third kappa shape index (κ3) is 4.59. The van der Waals surface area contributed by atoms with Gasteiger partial charge in [-0.25, -0.2) is 8.42 Å². The Morgan fingerprint density at radius 1 is 1.06 bits per heavy atom. The van der Waals surface area contributed by atoms with Crippen molar-refractivity contribution in [2.75, 3.05) is 37.2 Å². The van der Waals surface area contributed by atoms with E-state index in [-0.39, 0.29) is 10.8 Å². The monoisotopic (exact) mass is 471 g/mol. The highest BCUT2D eigenvalue weighted by Gasteiger charge is 2.32. The van der Waals surface area contributed by atoms with Crippen LogP contribution >= 0.6 is 11.8 Å². The third-order valence-electron chi connectivity index (χ3n) is 6.66. The first kappa shape index (κ1) is 21.9. The van der Waals surface area contributed by atoms with E-state index in [9.17, 15) is 13.2 Å². The summed E-state index contributed by atoms with van der Waals surface area (Å²) >= 11 is 1.59. The number of hydrogen-bond acceptors (Lipinski definition) is 5. The van der Waals surface area contributed by atoms with Gasteiger partial charge in [0.15, 0.2) is 0 Å². The van der Waals surface area contributed by atoms with Crippen LogP contribution in [-0.2, 0) is 27.8 Å². The quantitative estimate of drug-likeness (QED) is 0.738. The van der Waals surface area contributed by atoms with Crippen molar-refractivity contribution in [2.24, 2.45) is 5.92 Å². The molecular formula is C24H29N3O3S2. The zero-order valence-electron chi connectivity index (χ0n) is 18.1. The van der Waals surface area contributed by atoms with Crippen LogP contribution in [0, 0.1) is 5.92 Å². The van der Waals surface area contributed by atoms with Crippen molar-refractivity contribution >= 4 is 33.4 Å². The van der Waals surface area contributed by atoms with Gasteiger partial charge < -0.3 is 5.32 Å². The van der Waals surface area contributed by atoms with Gasteiger partial charge in [-0.15, -0.1) is 11.8 Å². The Kier molecular flexibility index (Phi) is 6.29. The molecule has 0 spiro atoms. The predicted octanol–water partition coefficient (Wildman–Crippen LogP) is 3.58. The van der Waals surface area contributed by atoms with E-state index < -0.39 is 10.0 Å². The average Bonchev–Trinajstić information content (AvgIpc) is 2.99. The molecule has 32 heavy (non-hydrogen) atoms. The fourth-order valence-corrected chi connectivity index (χ4v) is 7.50. The summed E-state index contributed by atoms with van der Waals surface area (Å²) < 4.78 is 28.5. The highest BCUT2D eigenvalue weighted by Crippen LogP contribution is 2.34. The lowest BCUT2D eigenvalue weighted by molar-refractivity contribution is -0.115. The van der Waals surface area contributed by atoms with Crippen LogP contribution in [-0.4, -0.2) is 55.5 Å². The summed E-state index contributed by atoms with van der Waals surface area (Å²) in [5.74, 6) is 0.978. The van der Waals surface area contributed by atoms with Crippen LogP contribution in [0.1, 0.15) is 30.4 Å². The second-order valence-corrected chi connectivity index (χ2v) is 12.0. The first-order chi connectivity index (χ1) is 15.5. The van der Waals surface area contributed by atoms with Gasteiger partial charge >= 0.3 is 0 Å². The van der Waals surface area contributed by atoms with Crippen LogP contribution in [0.2, 0.25) is 0 Å². The molecule has 0 bridgehead atoms. The standard InChI is InChI=1S/C24H29N3O3S2/c28-24-10-13-31-23-8-7-21(14-22(23)25-24)32(29,30)27-11-3-4-18(16-27)15-26-12-9-19-5-1-2-6-20(19)17-26/h1-2,5-8,14,18H,3-4,9-13,15-17H2,(H,25,28)/t18-/m1/s1. The molecule has 2 aromatic rings. The lowest BCUT2D eigenvalue weighted by Gasteiger charge is -2.36. The molecule has 2 aromatic carbocycles. The van der Waals surface area contributed by atoms with Crippen LogP contribution in [0.25, 0.3) is 0 Å². The molecule has 8 heteroatoms. The number of sulfonamides is 1. The Hall–Kier alpha value is -1.87. The maximum atomic E-state index is 13.4. The van der Waals surface area contributed by atoms with Crippen molar-refractivity contribution in [1.29, 1.82) is 0 Å². The van der Waals surface area contributed by atoms with E-state index in [1.807, 2.05) is 6.07 Å². The number of thioether (sulfide) groups is 1. The first-order valence-corrected chi connectivity index (χ1v) is 13.8. The topological polar surface area (TPSA) is 69.7 Å². The smallest absolute Gasteiger partial charge is 0.243 e. The number of benzene rings is 2. The van der Waals surface area contributed by atoms with Gasteiger partial charge in [-0.3, -0.25) is 9.69 Å². The average molecular weight is 472 g/mol. The van der Waals surface area contributed by atoms with Gasteiger partial charge in [0.2, 0.25) is 15.9 Å². The summed E-state index contributed by atoms with van der Waals surface area (Å²) in [5.41, 5.74) is 3.44. The molecule has 0 unspecified atom stereocenters. The SMILES string of the molecule is O=C1CCSc2ccc(S(=O)(=O)N3CCC[C@H](CN4CCc5ccccc5C4)C3)cc2N1. The van der Waals surface area contributed by atoms with Crippen molar-refractivity contribution < 1.29 is 13.2 Å². The number of piperidine rings is 1. The lowest BCUT2D eigenvalue weighted by atomic mass is 9.95. The summed E-state index contributed by atoms with van der Waals surface area (Å²) in [6.45, 7) is 4.01. The number of rotatable bonds is 4. The van der Waals surface area contributed by atoms with Crippen molar-refractivity contribution in [3.63, 3.8) is 0 Å². The summed E-state index contributed by atoms with van der Waals surface area (Å²) in [6, 6.07) is 13.8.